The Morgan fingerprint density at radius 3 is 2.70 bits per heavy atom. The van der Waals surface area contributed by atoms with E-state index in [1.807, 2.05) is 40.9 Å². The fourth-order valence-corrected chi connectivity index (χ4v) is 5.86. The predicted octanol–water partition coefficient (Wildman–Crippen LogP) is 4.47. The lowest BCUT2D eigenvalue weighted by Crippen LogP contribution is -2.38. The van der Waals surface area contributed by atoms with Crippen molar-refractivity contribution in [3.05, 3.63) is 35.3 Å². The molecule has 176 valence electrons. The van der Waals surface area contributed by atoms with Crippen LogP contribution in [0.3, 0.4) is 0 Å². The highest BCUT2D eigenvalue weighted by molar-refractivity contribution is 7.21. The first kappa shape index (κ1) is 23.3. The van der Waals surface area contributed by atoms with Crippen molar-refractivity contribution >= 4 is 33.2 Å². The number of hydrogen-bond donors (Lipinski definition) is 1. The summed E-state index contributed by atoms with van der Waals surface area (Å²) in [6.07, 6.45) is 8.09. The molecule has 1 N–H and O–H groups in total. The summed E-state index contributed by atoms with van der Waals surface area (Å²) >= 11 is 1.49. The van der Waals surface area contributed by atoms with Gasteiger partial charge in [-0.25, -0.2) is 0 Å². The van der Waals surface area contributed by atoms with Crippen LogP contribution in [-0.4, -0.2) is 53.7 Å². The van der Waals surface area contributed by atoms with Gasteiger partial charge in [-0.15, -0.1) is 11.3 Å². The Morgan fingerprint density at radius 1 is 1.24 bits per heavy atom. The van der Waals surface area contributed by atoms with Gasteiger partial charge in [-0.05, 0) is 43.0 Å². The average molecular weight is 469 g/mol. The average Bonchev–Trinajstić information content (AvgIpc) is 3.47. The highest BCUT2D eigenvalue weighted by atomic mass is 32.1. The molecule has 0 radical (unpaired) electrons. The lowest BCUT2D eigenvalue weighted by atomic mass is 9.89. The van der Waals surface area contributed by atoms with Crippen molar-refractivity contribution in [2.24, 2.45) is 13.0 Å². The maximum Gasteiger partial charge on any atom is 0.263 e. The van der Waals surface area contributed by atoms with Crippen LogP contribution in [0.4, 0.5) is 0 Å². The summed E-state index contributed by atoms with van der Waals surface area (Å²) in [5.41, 5.74) is 2.02. The van der Waals surface area contributed by atoms with Crippen LogP contribution in [0.2, 0.25) is 0 Å². The van der Waals surface area contributed by atoms with Crippen molar-refractivity contribution in [1.29, 1.82) is 0 Å². The first-order chi connectivity index (χ1) is 16.0. The zero-order valence-corrected chi connectivity index (χ0v) is 20.4. The van der Waals surface area contributed by atoms with Crippen molar-refractivity contribution in [2.75, 3.05) is 27.2 Å². The first-order valence-electron chi connectivity index (χ1n) is 11.6. The van der Waals surface area contributed by atoms with Gasteiger partial charge in [-0.3, -0.25) is 14.3 Å². The summed E-state index contributed by atoms with van der Waals surface area (Å²) in [6.45, 7) is 1.13. The molecule has 1 aromatic carbocycles. The number of methoxy groups -OCH3 is 1. The predicted molar refractivity (Wildman–Crippen MR) is 132 cm³/mol. The maximum absolute atomic E-state index is 13.7. The summed E-state index contributed by atoms with van der Waals surface area (Å²) in [4.78, 5) is 28.2. The van der Waals surface area contributed by atoms with E-state index in [9.17, 15) is 9.59 Å². The minimum Gasteiger partial charge on any atom is -0.496 e. The number of fused-ring (bicyclic) bond motifs is 1. The lowest BCUT2D eigenvalue weighted by Gasteiger charge is -2.29. The van der Waals surface area contributed by atoms with E-state index in [4.69, 9.17) is 4.74 Å². The highest BCUT2D eigenvalue weighted by Crippen LogP contribution is 2.40. The SMILES string of the molecule is CNC(=O)CCN(CC1CCCCC1)C(=O)c1cc2c(OC)ccc(-c3ccnn3C)c2s1. The molecule has 1 saturated carbocycles. The lowest BCUT2D eigenvalue weighted by molar-refractivity contribution is -0.120. The number of hydrogen-bond acceptors (Lipinski definition) is 5. The van der Waals surface area contributed by atoms with Crippen molar-refractivity contribution < 1.29 is 14.3 Å². The van der Waals surface area contributed by atoms with Crippen LogP contribution in [0, 0.1) is 5.92 Å². The molecule has 0 saturated heterocycles. The van der Waals surface area contributed by atoms with Crippen molar-refractivity contribution in [1.82, 2.24) is 20.0 Å². The molecule has 0 bridgehead atoms. The smallest absolute Gasteiger partial charge is 0.263 e. The molecule has 33 heavy (non-hydrogen) atoms. The van der Waals surface area contributed by atoms with Crippen LogP contribution < -0.4 is 10.1 Å². The number of aromatic nitrogens is 2. The molecule has 2 amide bonds. The van der Waals surface area contributed by atoms with Crippen LogP contribution >= 0.6 is 11.3 Å². The molecule has 0 aliphatic heterocycles. The second kappa shape index (κ2) is 10.4. The number of benzene rings is 1. The fourth-order valence-electron chi connectivity index (χ4n) is 4.70. The summed E-state index contributed by atoms with van der Waals surface area (Å²) < 4.78 is 8.44. The Balaban J connectivity index is 1.68. The fraction of sp³-hybridized carbons (Fsp3) is 0.480. The number of nitrogens with zero attached hydrogens (tertiary/aromatic N) is 3. The number of aryl methyl sites for hydroxylation is 1. The van der Waals surface area contributed by atoms with Gasteiger partial charge < -0.3 is 15.0 Å². The Morgan fingerprint density at radius 2 is 2.03 bits per heavy atom. The number of amides is 2. The second-order valence-corrected chi connectivity index (χ2v) is 9.74. The number of ether oxygens (including phenoxy) is 1. The Kier molecular flexibility index (Phi) is 7.33. The minimum atomic E-state index is -0.0482. The van der Waals surface area contributed by atoms with Crippen LogP contribution in [0.15, 0.2) is 30.5 Å². The van der Waals surface area contributed by atoms with Crippen molar-refractivity contribution in [2.45, 2.75) is 38.5 Å². The van der Waals surface area contributed by atoms with E-state index in [1.165, 1.54) is 30.6 Å². The van der Waals surface area contributed by atoms with Gasteiger partial charge in [-0.2, -0.15) is 5.10 Å². The summed E-state index contributed by atoms with van der Waals surface area (Å²) in [6, 6.07) is 7.88. The molecule has 2 aromatic heterocycles. The summed E-state index contributed by atoms with van der Waals surface area (Å²) in [7, 11) is 5.19. The summed E-state index contributed by atoms with van der Waals surface area (Å²) in [5.74, 6) is 1.19. The molecule has 1 fully saturated rings. The van der Waals surface area contributed by atoms with E-state index < -0.39 is 0 Å². The van der Waals surface area contributed by atoms with Crippen LogP contribution in [0.25, 0.3) is 21.3 Å². The molecule has 7 nitrogen and oxygen atoms in total. The van der Waals surface area contributed by atoms with Gasteiger partial charge in [0.15, 0.2) is 0 Å². The van der Waals surface area contributed by atoms with Gasteiger partial charge in [0.2, 0.25) is 5.91 Å². The molecule has 1 aliphatic rings. The van der Waals surface area contributed by atoms with E-state index in [0.29, 0.717) is 30.3 Å². The molecular formula is C25H32N4O3S. The van der Waals surface area contributed by atoms with E-state index in [-0.39, 0.29) is 11.8 Å². The van der Waals surface area contributed by atoms with Gasteiger partial charge in [0.05, 0.1) is 17.7 Å². The molecule has 0 atom stereocenters. The van der Waals surface area contributed by atoms with Gasteiger partial charge in [-0.1, -0.05) is 19.3 Å². The topological polar surface area (TPSA) is 76.5 Å². The van der Waals surface area contributed by atoms with Gasteiger partial charge in [0.1, 0.15) is 5.75 Å². The quantitative estimate of drug-likeness (QED) is 0.529. The monoisotopic (exact) mass is 468 g/mol. The van der Waals surface area contributed by atoms with Crippen LogP contribution in [0.1, 0.15) is 48.2 Å². The molecule has 2 heterocycles. The van der Waals surface area contributed by atoms with E-state index >= 15 is 0 Å². The summed E-state index contributed by atoms with van der Waals surface area (Å²) in [5, 5.41) is 7.90. The number of carbonyl (C=O) groups is 2. The minimum absolute atomic E-state index is 0.0105. The first-order valence-corrected chi connectivity index (χ1v) is 12.4. The molecule has 0 spiro atoms. The van der Waals surface area contributed by atoms with Crippen LogP contribution in [0.5, 0.6) is 5.75 Å². The van der Waals surface area contributed by atoms with E-state index in [2.05, 4.69) is 10.4 Å². The van der Waals surface area contributed by atoms with Crippen molar-refractivity contribution in [3.63, 3.8) is 0 Å². The molecular weight excluding hydrogens is 436 g/mol. The largest absolute Gasteiger partial charge is 0.496 e. The third-order valence-corrected chi connectivity index (χ3v) is 7.71. The van der Waals surface area contributed by atoms with E-state index in [0.717, 1.165) is 39.9 Å². The molecule has 8 heteroatoms. The zero-order chi connectivity index (χ0) is 23.4. The maximum atomic E-state index is 13.7. The molecule has 0 unspecified atom stereocenters. The number of nitrogens with one attached hydrogen (secondary N) is 1. The Labute approximate surface area is 198 Å². The third-order valence-electron chi connectivity index (χ3n) is 6.55. The second-order valence-electron chi connectivity index (χ2n) is 8.69. The molecule has 3 aromatic rings. The van der Waals surface area contributed by atoms with Crippen molar-refractivity contribution in [3.8, 4) is 17.0 Å². The van der Waals surface area contributed by atoms with Gasteiger partial charge in [0, 0.05) is 55.5 Å². The van der Waals surface area contributed by atoms with Gasteiger partial charge >= 0.3 is 0 Å². The van der Waals surface area contributed by atoms with Gasteiger partial charge in [0.25, 0.3) is 5.91 Å². The standard InChI is InChI=1S/C25H32N4O3S/c1-26-23(30)12-14-29(16-17-7-5-4-6-8-17)25(31)22-15-19-21(32-3)10-9-18(24(19)33-22)20-11-13-27-28(20)2/h9-11,13,15,17H,4-8,12,14,16H2,1-3H3,(H,26,30). The van der Waals surface area contributed by atoms with E-state index in [1.54, 1.807) is 20.4 Å². The zero-order valence-electron chi connectivity index (χ0n) is 19.6. The van der Waals surface area contributed by atoms with Crippen LogP contribution in [-0.2, 0) is 11.8 Å². The number of rotatable bonds is 8. The highest BCUT2D eigenvalue weighted by Gasteiger charge is 2.25. The normalized spacial score (nSPS) is 14.4. The molecule has 4 rings (SSSR count). The Hall–Kier alpha value is -2.87. The Bertz CT molecular complexity index is 1130. The number of carbonyl (C=O) groups excluding carboxylic acids is 2. The number of thiophene rings is 1. The third kappa shape index (κ3) is 5.05. The molecule has 1 aliphatic carbocycles.